The third-order valence-corrected chi connectivity index (χ3v) is 6.34. The second-order valence-corrected chi connectivity index (χ2v) is 9.09. The number of rotatable bonds is 3. The van der Waals surface area contributed by atoms with Gasteiger partial charge in [0.15, 0.2) is 5.75 Å². The standard InChI is InChI=1S/C22H22BrF5O/c1-9-12-7-14(29-21-19(27)17(25)16(24)18(26)20(21)28)15(9)10(2)13(22(3,4)5)6-11(12)8-23/h6,12,14H,7-8H2,1-5H3. The molecule has 0 saturated carbocycles. The monoisotopic (exact) mass is 476 g/mol. The van der Waals surface area contributed by atoms with Crippen LogP contribution in [0.5, 0.6) is 5.75 Å². The maximum Gasteiger partial charge on any atom is 0.207 e. The van der Waals surface area contributed by atoms with Gasteiger partial charge in [0.05, 0.1) is 0 Å². The van der Waals surface area contributed by atoms with Gasteiger partial charge < -0.3 is 4.74 Å². The van der Waals surface area contributed by atoms with Crippen LogP contribution in [-0.4, -0.2) is 11.4 Å². The van der Waals surface area contributed by atoms with E-state index in [2.05, 4.69) is 42.8 Å². The third-order valence-electron chi connectivity index (χ3n) is 5.70. The van der Waals surface area contributed by atoms with Crippen molar-refractivity contribution >= 4 is 15.9 Å². The lowest BCUT2D eigenvalue weighted by molar-refractivity contribution is 0.200. The molecule has 2 bridgehead atoms. The fourth-order valence-corrected chi connectivity index (χ4v) is 4.86. The molecule has 1 aromatic carbocycles. The molecule has 1 nitrogen and oxygen atoms in total. The SMILES string of the molecule is CC1=C(C(C)(C)C)C=C(CBr)C2CC(Oc3c(F)c(F)c(F)c(F)c3F)C1=C2C. The Morgan fingerprint density at radius 2 is 1.48 bits per heavy atom. The van der Waals surface area contributed by atoms with E-state index in [1.54, 1.807) is 0 Å². The first-order valence-corrected chi connectivity index (χ1v) is 10.4. The average Bonchev–Trinajstić information content (AvgIpc) is 2.91. The Kier molecular flexibility index (Phi) is 5.75. The van der Waals surface area contributed by atoms with Gasteiger partial charge in [0.1, 0.15) is 6.10 Å². The van der Waals surface area contributed by atoms with Gasteiger partial charge in [-0.05, 0) is 42.4 Å². The van der Waals surface area contributed by atoms with Crippen molar-refractivity contribution in [1.82, 2.24) is 0 Å². The van der Waals surface area contributed by atoms with Crippen LogP contribution in [0.4, 0.5) is 22.0 Å². The first-order valence-electron chi connectivity index (χ1n) is 9.27. The molecule has 0 aliphatic heterocycles. The van der Waals surface area contributed by atoms with Crippen molar-refractivity contribution in [3.8, 4) is 5.75 Å². The average molecular weight is 477 g/mol. The summed E-state index contributed by atoms with van der Waals surface area (Å²) in [4.78, 5) is 0. The minimum Gasteiger partial charge on any atom is -0.479 e. The molecule has 29 heavy (non-hydrogen) atoms. The highest BCUT2D eigenvalue weighted by Gasteiger charge is 2.40. The maximum atomic E-state index is 14.2. The van der Waals surface area contributed by atoms with E-state index < -0.39 is 40.9 Å². The van der Waals surface area contributed by atoms with E-state index in [-0.39, 0.29) is 11.3 Å². The van der Waals surface area contributed by atoms with Crippen LogP contribution in [0.1, 0.15) is 41.0 Å². The number of hydrogen-bond donors (Lipinski definition) is 0. The molecule has 7 heteroatoms. The fourth-order valence-electron chi connectivity index (χ4n) is 4.30. The molecule has 0 spiro atoms. The predicted octanol–water partition coefficient (Wildman–Crippen LogP) is 7.16. The largest absolute Gasteiger partial charge is 0.479 e. The molecular formula is C22H22BrF5O. The number of ether oxygens (including phenoxy) is 1. The van der Waals surface area contributed by atoms with Crippen LogP contribution >= 0.6 is 15.9 Å². The number of hydrogen-bond acceptors (Lipinski definition) is 1. The number of allylic oxidation sites excluding steroid dienone is 4. The van der Waals surface area contributed by atoms with Crippen LogP contribution in [0.2, 0.25) is 0 Å². The molecule has 0 amide bonds. The molecule has 0 N–H and O–H groups in total. The van der Waals surface area contributed by atoms with E-state index in [1.165, 1.54) is 0 Å². The summed E-state index contributed by atoms with van der Waals surface area (Å²) in [6.45, 7) is 10.0. The van der Waals surface area contributed by atoms with E-state index in [4.69, 9.17) is 4.74 Å². The zero-order valence-corrected chi connectivity index (χ0v) is 18.4. The summed E-state index contributed by atoms with van der Waals surface area (Å²) >= 11 is 3.51. The summed E-state index contributed by atoms with van der Waals surface area (Å²) in [5.41, 5.74) is 4.59. The molecule has 0 fully saturated rings. The summed E-state index contributed by atoms with van der Waals surface area (Å²) in [6, 6.07) is 0. The smallest absolute Gasteiger partial charge is 0.207 e. The number of fused-ring (bicyclic) bond motifs is 1. The summed E-state index contributed by atoms with van der Waals surface area (Å²) in [7, 11) is 0. The number of benzene rings is 1. The highest BCUT2D eigenvalue weighted by molar-refractivity contribution is 9.09. The van der Waals surface area contributed by atoms with Crippen molar-refractivity contribution in [2.24, 2.45) is 11.3 Å². The Balaban J connectivity index is 2.13. The van der Waals surface area contributed by atoms with Crippen molar-refractivity contribution < 1.29 is 26.7 Å². The fraction of sp³-hybridized carbons (Fsp3) is 0.455. The topological polar surface area (TPSA) is 9.23 Å². The van der Waals surface area contributed by atoms with Crippen LogP contribution in [0.15, 0.2) is 33.9 Å². The van der Waals surface area contributed by atoms with Gasteiger partial charge in [0, 0.05) is 11.2 Å². The van der Waals surface area contributed by atoms with Gasteiger partial charge in [0.25, 0.3) is 0 Å². The quantitative estimate of drug-likeness (QED) is 0.194. The lowest BCUT2D eigenvalue weighted by atomic mass is 9.79. The maximum absolute atomic E-state index is 14.2. The highest BCUT2D eigenvalue weighted by Crippen LogP contribution is 2.48. The van der Waals surface area contributed by atoms with Crippen molar-refractivity contribution in [3.63, 3.8) is 0 Å². The molecular weight excluding hydrogens is 455 g/mol. The summed E-state index contributed by atoms with van der Waals surface area (Å²) in [5.74, 6) is -11.4. The van der Waals surface area contributed by atoms with E-state index in [0.29, 0.717) is 11.8 Å². The lowest BCUT2D eigenvalue weighted by Gasteiger charge is -2.28. The van der Waals surface area contributed by atoms with Gasteiger partial charge in [-0.3, -0.25) is 0 Å². The highest BCUT2D eigenvalue weighted by atomic mass is 79.9. The summed E-state index contributed by atoms with van der Waals surface area (Å²) < 4.78 is 74.5. The van der Waals surface area contributed by atoms with E-state index >= 15 is 0 Å². The predicted molar refractivity (Wildman–Crippen MR) is 105 cm³/mol. The van der Waals surface area contributed by atoms with Crippen LogP contribution in [0.25, 0.3) is 0 Å². The van der Waals surface area contributed by atoms with E-state index in [0.717, 1.165) is 27.9 Å². The molecule has 0 radical (unpaired) electrons. The lowest BCUT2D eigenvalue weighted by Crippen LogP contribution is -2.23. The van der Waals surface area contributed by atoms with Crippen LogP contribution in [-0.2, 0) is 0 Å². The number of halogens is 6. The van der Waals surface area contributed by atoms with E-state index in [9.17, 15) is 22.0 Å². The first kappa shape index (κ1) is 22.1. The summed E-state index contributed by atoms with van der Waals surface area (Å²) in [5, 5.41) is 0.602. The van der Waals surface area contributed by atoms with Gasteiger partial charge in [0.2, 0.25) is 29.1 Å². The molecule has 158 valence electrons. The van der Waals surface area contributed by atoms with Gasteiger partial charge >= 0.3 is 0 Å². The second kappa shape index (κ2) is 7.56. The van der Waals surface area contributed by atoms with Crippen LogP contribution < -0.4 is 4.74 Å². The van der Waals surface area contributed by atoms with E-state index in [1.807, 2.05) is 13.8 Å². The molecule has 0 aromatic heterocycles. The normalized spacial score (nSPS) is 22.2. The third kappa shape index (κ3) is 3.56. The molecule has 2 unspecified atom stereocenters. The molecule has 0 saturated heterocycles. The Morgan fingerprint density at radius 3 is 1.97 bits per heavy atom. The zero-order valence-electron chi connectivity index (χ0n) is 16.8. The Bertz CT molecular complexity index is 939. The zero-order chi connectivity index (χ0) is 21.8. The molecule has 0 heterocycles. The van der Waals surface area contributed by atoms with Gasteiger partial charge in [-0.15, -0.1) is 0 Å². The Labute approximate surface area is 175 Å². The minimum atomic E-state index is -2.19. The van der Waals surface area contributed by atoms with Crippen LogP contribution in [0.3, 0.4) is 0 Å². The second-order valence-electron chi connectivity index (χ2n) is 8.53. The summed E-state index contributed by atoms with van der Waals surface area (Å²) in [6.07, 6.45) is 1.69. The van der Waals surface area contributed by atoms with Crippen molar-refractivity contribution in [3.05, 3.63) is 63.0 Å². The number of alkyl halides is 1. The molecule has 3 rings (SSSR count). The molecule has 2 atom stereocenters. The van der Waals surface area contributed by atoms with Gasteiger partial charge in [-0.2, -0.15) is 8.78 Å². The first-order chi connectivity index (χ1) is 13.4. The van der Waals surface area contributed by atoms with Crippen molar-refractivity contribution in [2.45, 2.75) is 47.1 Å². The van der Waals surface area contributed by atoms with Crippen molar-refractivity contribution in [2.75, 3.05) is 5.33 Å². The molecule has 2 aliphatic rings. The van der Waals surface area contributed by atoms with Gasteiger partial charge in [-0.1, -0.05) is 53.9 Å². The van der Waals surface area contributed by atoms with Crippen LogP contribution in [0, 0.1) is 40.4 Å². The minimum absolute atomic E-state index is 0.0366. The van der Waals surface area contributed by atoms with Crippen molar-refractivity contribution in [1.29, 1.82) is 0 Å². The van der Waals surface area contributed by atoms with Gasteiger partial charge in [-0.25, -0.2) is 13.2 Å². The molecule has 1 aromatic rings. The Hall–Kier alpha value is -1.63. The Morgan fingerprint density at radius 1 is 0.966 bits per heavy atom. The molecule has 2 aliphatic carbocycles.